The number of hydrogen-bond donors (Lipinski definition) is 1. The van der Waals surface area contributed by atoms with Gasteiger partial charge in [-0.25, -0.2) is 9.97 Å². The smallest absolute Gasteiger partial charge is 0.235 e. The second-order valence-electron chi connectivity index (χ2n) is 4.38. The summed E-state index contributed by atoms with van der Waals surface area (Å²) in [6.07, 6.45) is 6.78. The molecular weight excluding hydrogens is 286 g/mol. The number of aliphatic imine (C=N–C) groups is 1. The first kappa shape index (κ1) is 13.7. The maximum absolute atomic E-state index is 12.1. The zero-order chi connectivity index (χ0) is 14.5. The molecule has 1 amide bonds. The van der Waals surface area contributed by atoms with Crippen LogP contribution in [0, 0.1) is 0 Å². The topological polar surface area (TPSA) is 80.1 Å². The van der Waals surface area contributed by atoms with E-state index in [0.717, 1.165) is 10.6 Å². The van der Waals surface area contributed by atoms with Gasteiger partial charge in [0.05, 0.1) is 13.1 Å². The average Bonchev–Trinajstić information content (AvgIpc) is 3.04. The zero-order valence-electron chi connectivity index (χ0n) is 11.1. The molecule has 21 heavy (non-hydrogen) atoms. The number of aromatic nitrogens is 3. The molecule has 0 aliphatic carbocycles. The molecule has 0 saturated heterocycles. The van der Waals surface area contributed by atoms with E-state index in [-0.39, 0.29) is 11.2 Å². The maximum atomic E-state index is 12.1. The molecular formula is C14H13N5OS. The average molecular weight is 299 g/mol. The molecule has 2 aromatic heterocycles. The van der Waals surface area contributed by atoms with Gasteiger partial charge in [0.2, 0.25) is 5.91 Å². The van der Waals surface area contributed by atoms with E-state index in [1.165, 1.54) is 11.8 Å². The van der Waals surface area contributed by atoms with E-state index in [1.807, 2.05) is 12.1 Å². The number of thioether (sulfide) groups is 1. The molecule has 0 spiro atoms. The highest BCUT2D eigenvalue weighted by molar-refractivity contribution is 8.15. The highest BCUT2D eigenvalue weighted by atomic mass is 32.2. The number of nitrogens with one attached hydrogen (secondary N) is 1. The second kappa shape index (κ2) is 6.45. The van der Waals surface area contributed by atoms with E-state index < -0.39 is 0 Å². The first-order chi connectivity index (χ1) is 10.3. The van der Waals surface area contributed by atoms with Crippen molar-refractivity contribution in [3.05, 3.63) is 54.4 Å². The van der Waals surface area contributed by atoms with Crippen LogP contribution < -0.4 is 5.32 Å². The Morgan fingerprint density at radius 2 is 2.14 bits per heavy atom. The van der Waals surface area contributed by atoms with Gasteiger partial charge in [-0.15, -0.1) is 0 Å². The number of rotatable bonds is 4. The Labute approximate surface area is 126 Å². The molecule has 1 atom stereocenters. The Bertz CT molecular complexity index is 647. The standard InChI is InChI=1S/C14H13N5OS/c20-13(18-9-12-16-5-2-6-17-12)11-8-19-14(21-11)10-3-1-4-15-7-10/h1-7,11H,8-9H2,(H,18,20). The summed E-state index contributed by atoms with van der Waals surface area (Å²) >= 11 is 1.46. The monoisotopic (exact) mass is 299 g/mol. The van der Waals surface area contributed by atoms with Crippen LogP contribution >= 0.6 is 11.8 Å². The van der Waals surface area contributed by atoms with Crippen LogP contribution in [0.5, 0.6) is 0 Å². The summed E-state index contributed by atoms with van der Waals surface area (Å²) in [6.45, 7) is 0.815. The maximum Gasteiger partial charge on any atom is 0.235 e. The molecule has 1 aliphatic heterocycles. The first-order valence-corrected chi connectivity index (χ1v) is 7.36. The van der Waals surface area contributed by atoms with Crippen molar-refractivity contribution in [2.45, 2.75) is 11.8 Å². The molecule has 1 N–H and O–H groups in total. The van der Waals surface area contributed by atoms with Gasteiger partial charge >= 0.3 is 0 Å². The van der Waals surface area contributed by atoms with Crippen LogP contribution in [-0.2, 0) is 11.3 Å². The third kappa shape index (κ3) is 3.43. The predicted molar refractivity (Wildman–Crippen MR) is 80.9 cm³/mol. The van der Waals surface area contributed by atoms with Crippen LogP contribution in [0.2, 0.25) is 0 Å². The van der Waals surface area contributed by atoms with Gasteiger partial charge in [0.25, 0.3) is 0 Å². The van der Waals surface area contributed by atoms with E-state index in [9.17, 15) is 4.79 Å². The van der Waals surface area contributed by atoms with Crippen molar-refractivity contribution in [2.24, 2.45) is 4.99 Å². The van der Waals surface area contributed by atoms with Crippen molar-refractivity contribution in [1.29, 1.82) is 0 Å². The van der Waals surface area contributed by atoms with E-state index in [4.69, 9.17) is 0 Å². The highest BCUT2D eigenvalue weighted by Gasteiger charge is 2.27. The van der Waals surface area contributed by atoms with Gasteiger partial charge in [-0.1, -0.05) is 11.8 Å². The fourth-order valence-corrected chi connectivity index (χ4v) is 2.88. The van der Waals surface area contributed by atoms with Crippen LogP contribution in [0.4, 0.5) is 0 Å². The highest BCUT2D eigenvalue weighted by Crippen LogP contribution is 2.25. The molecule has 0 aromatic carbocycles. The molecule has 6 nitrogen and oxygen atoms in total. The Hall–Kier alpha value is -2.28. The van der Waals surface area contributed by atoms with E-state index in [2.05, 4.69) is 25.3 Å². The lowest BCUT2D eigenvalue weighted by Crippen LogP contribution is -2.33. The Kier molecular flexibility index (Phi) is 4.20. The second-order valence-corrected chi connectivity index (χ2v) is 5.57. The fraction of sp³-hybridized carbons (Fsp3) is 0.214. The molecule has 0 fully saturated rings. The SMILES string of the molecule is O=C(NCc1ncccn1)C1CN=C(c2cccnc2)S1. The first-order valence-electron chi connectivity index (χ1n) is 6.48. The van der Waals surface area contributed by atoms with Crippen molar-refractivity contribution < 1.29 is 4.79 Å². The zero-order valence-corrected chi connectivity index (χ0v) is 12.0. The number of pyridine rings is 1. The van der Waals surface area contributed by atoms with E-state index in [0.29, 0.717) is 18.9 Å². The summed E-state index contributed by atoms with van der Waals surface area (Å²) in [4.78, 5) is 28.7. The van der Waals surface area contributed by atoms with Crippen LogP contribution in [-0.4, -0.2) is 37.7 Å². The normalized spacial score (nSPS) is 17.3. The van der Waals surface area contributed by atoms with Crippen LogP contribution in [0.3, 0.4) is 0 Å². The fourth-order valence-electron chi connectivity index (χ4n) is 1.86. The largest absolute Gasteiger partial charge is 0.348 e. The van der Waals surface area contributed by atoms with Crippen molar-refractivity contribution in [1.82, 2.24) is 20.3 Å². The quantitative estimate of drug-likeness (QED) is 0.912. The number of carbonyl (C=O) groups is 1. The van der Waals surface area contributed by atoms with E-state index >= 15 is 0 Å². The van der Waals surface area contributed by atoms with Crippen molar-refractivity contribution in [3.63, 3.8) is 0 Å². The summed E-state index contributed by atoms with van der Waals surface area (Å²) in [5, 5.41) is 3.49. The van der Waals surface area contributed by atoms with Crippen molar-refractivity contribution >= 4 is 22.7 Å². The Morgan fingerprint density at radius 1 is 1.29 bits per heavy atom. The van der Waals surface area contributed by atoms with Gasteiger partial charge in [0, 0.05) is 30.4 Å². The minimum atomic E-state index is -0.205. The predicted octanol–water partition coefficient (Wildman–Crippen LogP) is 1.05. The van der Waals surface area contributed by atoms with Crippen molar-refractivity contribution in [3.8, 4) is 0 Å². The molecule has 3 rings (SSSR count). The summed E-state index contributed by atoms with van der Waals surface area (Å²) < 4.78 is 0. The minimum Gasteiger partial charge on any atom is -0.348 e. The van der Waals surface area contributed by atoms with Gasteiger partial charge in [-0.05, 0) is 18.2 Å². The van der Waals surface area contributed by atoms with Crippen molar-refractivity contribution in [2.75, 3.05) is 6.54 Å². The molecule has 1 aliphatic rings. The summed E-state index contributed by atoms with van der Waals surface area (Å²) in [5.41, 5.74) is 0.948. The lowest BCUT2D eigenvalue weighted by Gasteiger charge is -2.09. The number of hydrogen-bond acceptors (Lipinski definition) is 6. The Balaban J connectivity index is 1.54. The summed E-state index contributed by atoms with van der Waals surface area (Å²) in [6, 6.07) is 5.54. The number of nitrogens with zero attached hydrogens (tertiary/aromatic N) is 4. The molecule has 3 heterocycles. The number of carbonyl (C=O) groups excluding carboxylic acids is 1. The molecule has 1 unspecified atom stereocenters. The van der Waals surface area contributed by atoms with Gasteiger partial charge in [-0.3, -0.25) is 14.8 Å². The van der Waals surface area contributed by atoms with Gasteiger partial charge in [0.1, 0.15) is 16.1 Å². The van der Waals surface area contributed by atoms with Crippen LogP contribution in [0.15, 0.2) is 48.0 Å². The summed E-state index contributed by atoms with van der Waals surface area (Å²) in [7, 11) is 0. The third-order valence-electron chi connectivity index (χ3n) is 2.90. The Morgan fingerprint density at radius 3 is 2.90 bits per heavy atom. The van der Waals surface area contributed by atoms with Gasteiger partial charge in [-0.2, -0.15) is 0 Å². The van der Waals surface area contributed by atoms with Crippen LogP contribution in [0.1, 0.15) is 11.4 Å². The molecule has 0 radical (unpaired) electrons. The summed E-state index contributed by atoms with van der Waals surface area (Å²) in [5.74, 6) is 0.553. The number of amides is 1. The van der Waals surface area contributed by atoms with E-state index in [1.54, 1.807) is 30.9 Å². The molecule has 2 aromatic rings. The minimum absolute atomic E-state index is 0.0462. The van der Waals surface area contributed by atoms with Gasteiger partial charge < -0.3 is 5.32 Å². The molecule has 0 bridgehead atoms. The van der Waals surface area contributed by atoms with Gasteiger partial charge in [0.15, 0.2) is 0 Å². The third-order valence-corrected chi connectivity index (χ3v) is 4.13. The van der Waals surface area contributed by atoms with Crippen LogP contribution in [0.25, 0.3) is 0 Å². The molecule has 106 valence electrons. The lowest BCUT2D eigenvalue weighted by molar-refractivity contribution is -0.120. The molecule has 0 saturated carbocycles. The lowest BCUT2D eigenvalue weighted by atomic mass is 10.3. The molecule has 7 heteroatoms.